The van der Waals surface area contributed by atoms with Gasteiger partial charge in [0.2, 0.25) is 11.7 Å². The largest absolute Gasteiger partial charge is 0.493 e. The van der Waals surface area contributed by atoms with E-state index in [-0.39, 0.29) is 35.3 Å². The Morgan fingerprint density at radius 3 is 2.11 bits per heavy atom. The summed E-state index contributed by atoms with van der Waals surface area (Å²) >= 11 is 0. The van der Waals surface area contributed by atoms with Gasteiger partial charge in [-0.15, -0.1) is 0 Å². The lowest BCUT2D eigenvalue weighted by Gasteiger charge is -2.24. The predicted molar refractivity (Wildman–Crippen MR) is 145 cm³/mol. The van der Waals surface area contributed by atoms with Gasteiger partial charge in [-0.25, -0.2) is 14.6 Å². The number of nitrogens with one attached hydrogen (secondary N) is 2. The van der Waals surface area contributed by atoms with E-state index in [2.05, 4.69) is 17.6 Å². The van der Waals surface area contributed by atoms with E-state index >= 15 is 0 Å². The lowest BCUT2D eigenvalue weighted by atomic mass is 9.97. The Hall–Kier alpha value is -3.59. The van der Waals surface area contributed by atoms with Gasteiger partial charge in [-0.3, -0.25) is 9.59 Å². The molecule has 1 saturated heterocycles. The normalized spacial score (nSPS) is 16.8. The number of imide groups is 1. The van der Waals surface area contributed by atoms with Gasteiger partial charge < -0.3 is 19.5 Å². The van der Waals surface area contributed by atoms with Gasteiger partial charge >= 0.3 is 6.03 Å². The minimum atomic E-state index is -0.337. The summed E-state index contributed by atoms with van der Waals surface area (Å²) in [6.45, 7) is 3.21. The van der Waals surface area contributed by atoms with Crippen molar-refractivity contribution in [1.29, 1.82) is 0 Å². The molecular formula is C29H40N3O6+. The van der Waals surface area contributed by atoms with Gasteiger partial charge in [0.05, 0.1) is 34.8 Å². The minimum Gasteiger partial charge on any atom is -0.493 e. The van der Waals surface area contributed by atoms with Crippen LogP contribution >= 0.6 is 0 Å². The SMILES string of the molecule is CCCCCCCNC(=O)Cc1cc(C[N+]2(C)CC(=O)NC2=O)cc(-c2cc(OC)c(OC)c(OC)c2)c1. The number of likely N-dealkylation sites (N-methyl/N-ethyl adjacent to an activating group) is 1. The van der Waals surface area contributed by atoms with E-state index in [1.54, 1.807) is 28.4 Å². The Kier molecular flexibility index (Phi) is 10.1. The van der Waals surface area contributed by atoms with Crippen LogP contribution in [0, 0.1) is 0 Å². The number of urea groups is 1. The third-order valence-electron chi connectivity index (χ3n) is 6.78. The molecule has 2 N–H and O–H groups in total. The summed E-state index contributed by atoms with van der Waals surface area (Å²) in [5, 5.41) is 5.41. The summed E-state index contributed by atoms with van der Waals surface area (Å²) < 4.78 is 16.4. The minimum absolute atomic E-state index is 0.0528. The van der Waals surface area contributed by atoms with Crippen molar-refractivity contribution in [3.05, 3.63) is 41.5 Å². The fraction of sp³-hybridized carbons (Fsp3) is 0.483. The van der Waals surface area contributed by atoms with Gasteiger partial charge in [0.25, 0.3) is 5.91 Å². The number of benzene rings is 2. The third-order valence-corrected chi connectivity index (χ3v) is 6.78. The van der Waals surface area contributed by atoms with Crippen LogP contribution in [0.15, 0.2) is 30.3 Å². The molecule has 1 aliphatic rings. The highest BCUT2D eigenvalue weighted by Gasteiger charge is 2.42. The van der Waals surface area contributed by atoms with E-state index in [0.29, 0.717) is 30.3 Å². The number of nitrogens with zero attached hydrogens (tertiary/aromatic N) is 1. The zero-order valence-electron chi connectivity index (χ0n) is 23.1. The molecule has 1 aliphatic heterocycles. The number of quaternary nitrogens is 1. The number of unbranched alkanes of at least 4 members (excludes halogenated alkanes) is 4. The first kappa shape index (κ1) is 29.0. The number of amides is 4. The van der Waals surface area contributed by atoms with Crippen molar-refractivity contribution < 1.29 is 33.1 Å². The number of ether oxygens (including phenoxy) is 3. The molecule has 0 radical (unpaired) electrons. The second-order valence-corrected chi connectivity index (χ2v) is 9.96. The number of methoxy groups -OCH3 is 3. The van der Waals surface area contributed by atoms with Gasteiger partial charge in [0.1, 0.15) is 6.54 Å². The van der Waals surface area contributed by atoms with Crippen LogP contribution in [-0.4, -0.2) is 63.8 Å². The van der Waals surface area contributed by atoms with E-state index in [1.807, 2.05) is 30.3 Å². The molecule has 2 aromatic carbocycles. The second-order valence-electron chi connectivity index (χ2n) is 9.96. The van der Waals surface area contributed by atoms with Gasteiger partial charge in [-0.1, -0.05) is 38.7 Å². The van der Waals surface area contributed by atoms with E-state index in [4.69, 9.17) is 14.2 Å². The number of carbonyl (C=O) groups excluding carboxylic acids is 3. The van der Waals surface area contributed by atoms with Crippen LogP contribution < -0.4 is 24.8 Å². The van der Waals surface area contributed by atoms with Gasteiger partial charge in [0, 0.05) is 12.1 Å². The standard InChI is InChI=1S/C29H39N3O6/c1-6-7-8-9-10-11-30-26(33)15-20-12-21(18-32(2)19-27(34)31-29(32)35)14-22(13-20)23-16-24(36-3)28(38-5)25(17-23)37-4/h12-14,16-17H,6-11,15,18-19H2,1-5H3,(H-,30,31,33,34,35)/p+1. The number of hydrogen-bond acceptors (Lipinski definition) is 6. The monoisotopic (exact) mass is 526 g/mol. The van der Waals surface area contributed by atoms with Gasteiger partial charge in [-0.05, 0) is 47.4 Å². The first-order valence-electron chi connectivity index (χ1n) is 13.1. The summed E-state index contributed by atoms with van der Waals surface area (Å²) in [4.78, 5) is 37.2. The highest BCUT2D eigenvalue weighted by molar-refractivity contribution is 5.97. The first-order valence-corrected chi connectivity index (χ1v) is 13.1. The van der Waals surface area contributed by atoms with Gasteiger partial charge in [-0.2, -0.15) is 0 Å². The van der Waals surface area contributed by atoms with Crippen molar-refractivity contribution in [1.82, 2.24) is 10.6 Å². The predicted octanol–water partition coefficient (Wildman–Crippen LogP) is 4.20. The Balaban J connectivity index is 1.91. The second kappa shape index (κ2) is 13.3. The Morgan fingerprint density at radius 2 is 1.53 bits per heavy atom. The van der Waals surface area contributed by atoms with Crippen LogP contribution in [0.1, 0.15) is 50.2 Å². The van der Waals surface area contributed by atoms with E-state index in [0.717, 1.165) is 35.1 Å². The van der Waals surface area contributed by atoms with Crippen molar-refractivity contribution in [2.24, 2.45) is 0 Å². The molecule has 0 spiro atoms. The summed E-state index contributed by atoms with van der Waals surface area (Å²) in [6.07, 6.45) is 5.85. The zero-order chi connectivity index (χ0) is 27.7. The summed E-state index contributed by atoms with van der Waals surface area (Å²) in [6, 6.07) is 9.22. The maximum absolute atomic E-state index is 12.8. The zero-order valence-corrected chi connectivity index (χ0v) is 23.1. The smallest absolute Gasteiger partial charge is 0.423 e. The molecule has 9 heteroatoms. The van der Waals surface area contributed by atoms with Crippen LogP contribution in [0.2, 0.25) is 0 Å². The number of rotatable bonds is 14. The number of hydrogen-bond donors (Lipinski definition) is 2. The molecule has 38 heavy (non-hydrogen) atoms. The average molecular weight is 527 g/mol. The fourth-order valence-corrected chi connectivity index (χ4v) is 4.79. The van der Waals surface area contributed by atoms with Gasteiger partial charge in [0.15, 0.2) is 18.0 Å². The Labute approximate surface area is 225 Å². The highest BCUT2D eigenvalue weighted by Crippen LogP contribution is 2.41. The van der Waals surface area contributed by atoms with Crippen LogP contribution in [0.3, 0.4) is 0 Å². The maximum atomic E-state index is 12.8. The van der Waals surface area contributed by atoms with Crippen molar-refractivity contribution in [2.45, 2.75) is 52.0 Å². The van der Waals surface area contributed by atoms with E-state index in [1.165, 1.54) is 19.3 Å². The van der Waals surface area contributed by atoms with E-state index in [9.17, 15) is 14.4 Å². The van der Waals surface area contributed by atoms with Crippen LogP contribution in [-0.2, 0) is 22.6 Å². The topological polar surface area (TPSA) is 103 Å². The van der Waals surface area contributed by atoms with Crippen molar-refractivity contribution >= 4 is 17.8 Å². The summed E-state index contributed by atoms with van der Waals surface area (Å²) in [5.74, 6) is 1.16. The molecule has 2 aromatic rings. The summed E-state index contributed by atoms with van der Waals surface area (Å²) in [5.41, 5.74) is 3.29. The lowest BCUT2D eigenvalue weighted by molar-refractivity contribution is -0.829. The van der Waals surface area contributed by atoms with Crippen LogP contribution in [0.25, 0.3) is 11.1 Å². The van der Waals surface area contributed by atoms with Crippen molar-refractivity contribution in [3.63, 3.8) is 0 Å². The van der Waals surface area contributed by atoms with Crippen LogP contribution in [0.4, 0.5) is 4.79 Å². The molecule has 1 atom stereocenters. The highest BCUT2D eigenvalue weighted by atomic mass is 16.5. The average Bonchev–Trinajstić information content (AvgIpc) is 3.14. The Bertz CT molecular complexity index is 1140. The molecule has 9 nitrogen and oxygen atoms in total. The molecule has 3 rings (SSSR count). The molecule has 0 bridgehead atoms. The molecule has 1 unspecified atom stereocenters. The lowest BCUT2D eigenvalue weighted by Crippen LogP contribution is -2.45. The molecule has 1 fully saturated rings. The third kappa shape index (κ3) is 7.25. The van der Waals surface area contributed by atoms with Crippen molar-refractivity contribution in [2.75, 3.05) is 41.5 Å². The molecule has 0 aromatic heterocycles. The van der Waals surface area contributed by atoms with Crippen LogP contribution in [0.5, 0.6) is 17.2 Å². The number of carbonyl (C=O) groups is 3. The fourth-order valence-electron chi connectivity index (χ4n) is 4.79. The maximum Gasteiger partial charge on any atom is 0.423 e. The summed E-state index contributed by atoms with van der Waals surface area (Å²) in [7, 11) is 6.40. The molecule has 206 valence electrons. The van der Waals surface area contributed by atoms with Crippen molar-refractivity contribution in [3.8, 4) is 28.4 Å². The molecule has 0 aliphatic carbocycles. The quantitative estimate of drug-likeness (QED) is 0.217. The first-order chi connectivity index (χ1) is 18.2. The molecule has 4 amide bonds. The molecule has 0 saturated carbocycles. The molecular weight excluding hydrogens is 486 g/mol. The van der Waals surface area contributed by atoms with E-state index < -0.39 is 0 Å². The molecule has 1 heterocycles. The Morgan fingerprint density at radius 1 is 0.895 bits per heavy atom.